The van der Waals surface area contributed by atoms with E-state index < -0.39 is 0 Å². The first-order valence-electron chi connectivity index (χ1n) is 7.82. The van der Waals surface area contributed by atoms with Crippen LogP contribution in [0.15, 0.2) is 0 Å². The van der Waals surface area contributed by atoms with Crippen LogP contribution in [0.3, 0.4) is 0 Å². The van der Waals surface area contributed by atoms with Gasteiger partial charge in [-0.25, -0.2) is 0 Å². The molecule has 0 spiro atoms. The molecule has 0 aromatic heterocycles. The van der Waals surface area contributed by atoms with E-state index in [2.05, 4.69) is 11.8 Å². The van der Waals surface area contributed by atoms with E-state index >= 15 is 0 Å². The summed E-state index contributed by atoms with van der Waals surface area (Å²) in [6.07, 6.45) is 12.7. The van der Waals surface area contributed by atoms with Gasteiger partial charge in [-0.2, -0.15) is 0 Å². The Morgan fingerprint density at radius 1 is 1.12 bits per heavy atom. The van der Waals surface area contributed by atoms with Gasteiger partial charge in [-0.1, -0.05) is 32.6 Å². The zero-order valence-corrected chi connectivity index (χ0v) is 11.5. The van der Waals surface area contributed by atoms with E-state index in [-0.39, 0.29) is 0 Å². The molecule has 2 rings (SSSR count). The van der Waals surface area contributed by atoms with Crippen molar-refractivity contribution in [3.05, 3.63) is 0 Å². The molecule has 0 aromatic carbocycles. The van der Waals surface area contributed by atoms with E-state index in [0.717, 1.165) is 18.5 Å². The standard InChI is InChI=1S/C15H30N2/c1-2-3-11-17(14-9-10-14)15(12-16)13-7-5-4-6-8-13/h13-15H,2-12,16H2,1H3. The molecule has 2 fully saturated rings. The highest BCUT2D eigenvalue weighted by atomic mass is 15.2. The first-order valence-corrected chi connectivity index (χ1v) is 7.82. The predicted octanol–water partition coefficient (Wildman–Crippen LogP) is 3.16. The third-order valence-electron chi connectivity index (χ3n) is 4.65. The minimum Gasteiger partial charge on any atom is -0.329 e. The largest absolute Gasteiger partial charge is 0.329 e. The van der Waals surface area contributed by atoms with Gasteiger partial charge in [-0.15, -0.1) is 0 Å². The Kier molecular flexibility index (Phi) is 5.30. The van der Waals surface area contributed by atoms with Crippen molar-refractivity contribution in [2.75, 3.05) is 13.1 Å². The molecule has 2 heteroatoms. The van der Waals surface area contributed by atoms with Crippen LogP contribution in [0.4, 0.5) is 0 Å². The van der Waals surface area contributed by atoms with Crippen molar-refractivity contribution in [2.24, 2.45) is 11.7 Å². The number of nitrogens with zero attached hydrogens (tertiary/aromatic N) is 1. The second-order valence-electron chi connectivity index (χ2n) is 6.02. The summed E-state index contributed by atoms with van der Waals surface area (Å²) >= 11 is 0. The summed E-state index contributed by atoms with van der Waals surface area (Å²) in [7, 11) is 0. The van der Waals surface area contributed by atoms with E-state index in [1.54, 1.807) is 0 Å². The summed E-state index contributed by atoms with van der Waals surface area (Å²) < 4.78 is 0. The highest BCUT2D eigenvalue weighted by Crippen LogP contribution is 2.35. The van der Waals surface area contributed by atoms with Crippen LogP contribution in [0.2, 0.25) is 0 Å². The average Bonchev–Trinajstić information content (AvgIpc) is 3.20. The Balaban J connectivity index is 1.91. The van der Waals surface area contributed by atoms with Gasteiger partial charge in [-0.3, -0.25) is 4.90 Å². The SMILES string of the molecule is CCCCN(C1CC1)C(CN)C1CCCCC1. The molecule has 1 atom stereocenters. The van der Waals surface area contributed by atoms with E-state index in [0.29, 0.717) is 6.04 Å². The molecule has 0 saturated heterocycles. The van der Waals surface area contributed by atoms with Crippen LogP contribution in [0.1, 0.15) is 64.7 Å². The van der Waals surface area contributed by atoms with Gasteiger partial charge in [-0.05, 0) is 44.6 Å². The summed E-state index contributed by atoms with van der Waals surface area (Å²) in [6.45, 7) is 4.47. The average molecular weight is 238 g/mol. The number of nitrogens with two attached hydrogens (primary N) is 1. The molecule has 1 unspecified atom stereocenters. The fraction of sp³-hybridized carbons (Fsp3) is 1.00. The summed E-state index contributed by atoms with van der Waals surface area (Å²) in [5.74, 6) is 0.895. The van der Waals surface area contributed by atoms with Crippen LogP contribution < -0.4 is 5.73 Å². The van der Waals surface area contributed by atoms with Gasteiger partial charge in [0.2, 0.25) is 0 Å². The highest BCUT2D eigenvalue weighted by Gasteiger charge is 2.36. The molecule has 2 aliphatic carbocycles. The van der Waals surface area contributed by atoms with Crippen molar-refractivity contribution in [3.63, 3.8) is 0 Å². The van der Waals surface area contributed by atoms with Crippen molar-refractivity contribution in [2.45, 2.75) is 76.8 Å². The van der Waals surface area contributed by atoms with Crippen LogP contribution in [0, 0.1) is 5.92 Å². The van der Waals surface area contributed by atoms with Crippen LogP contribution in [-0.2, 0) is 0 Å². The van der Waals surface area contributed by atoms with Crippen LogP contribution in [-0.4, -0.2) is 30.1 Å². The van der Waals surface area contributed by atoms with Gasteiger partial charge in [0.15, 0.2) is 0 Å². The van der Waals surface area contributed by atoms with E-state index in [4.69, 9.17) is 5.73 Å². The van der Waals surface area contributed by atoms with Gasteiger partial charge in [0.05, 0.1) is 0 Å². The number of unbranched alkanes of at least 4 members (excludes halogenated alkanes) is 1. The zero-order valence-electron chi connectivity index (χ0n) is 11.5. The van der Waals surface area contributed by atoms with Gasteiger partial charge in [0.1, 0.15) is 0 Å². The van der Waals surface area contributed by atoms with E-state index in [1.165, 1.54) is 64.3 Å². The van der Waals surface area contributed by atoms with Crippen molar-refractivity contribution in [3.8, 4) is 0 Å². The molecule has 0 aromatic rings. The van der Waals surface area contributed by atoms with Crippen LogP contribution >= 0.6 is 0 Å². The zero-order chi connectivity index (χ0) is 12.1. The quantitative estimate of drug-likeness (QED) is 0.738. The maximum atomic E-state index is 6.10. The first-order chi connectivity index (χ1) is 8.36. The number of hydrogen-bond donors (Lipinski definition) is 1. The predicted molar refractivity (Wildman–Crippen MR) is 74.1 cm³/mol. The molecule has 2 N–H and O–H groups in total. The van der Waals surface area contributed by atoms with E-state index in [9.17, 15) is 0 Å². The molecular formula is C15H30N2. The Bertz CT molecular complexity index is 207. The Morgan fingerprint density at radius 2 is 1.82 bits per heavy atom. The van der Waals surface area contributed by atoms with Crippen molar-refractivity contribution in [1.29, 1.82) is 0 Å². The van der Waals surface area contributed by atoms with E-state index in [1.807, 2.05) is 0 Å². The van der Waals surface area contributed by atoms with Gasteiger partial charge < -0.3 is 5.73 Å². The molecule has 2 aliphatic rings. The maximum absolute atomic E-state index is 6.10. The molecule has 100 valence electrons. The smallest absolute Gasteiger partial charge is 0.0249 e. The summed E-state index contributed by atoms with van der Waals surface area (Å²) in [4.78, 5) is 2.78. The third-order valence-corrected chi connectivity index (χ3v) is 4.65. The second-order valence-corrected chi connectivity index (χ2v) is 6.02. The lowest BCUT2D eigenvalue weighted by Crippen LogP contribution is -2.47. The topological polar surface area (TPSA) is 29.3 Å². The fourth-order valence-corrected chi connectivity index (χ4v) is 3.48. The molecule has 0 aliphatic heterocycles. The Morgan fingerprint density at radius 3 is 2.35 bits per heavy atom. The molecule has 2 saturated carbocycles. The molecule has 17 heavy (non-hydrogen) atoms. The molecular weight excluding hydrogens is 208 g/mol. The molecule has 0 amide bonds. The normalized spacial score (nSPS) is 24.2. The minimum atomic E-state index is 0.689. The molecule has 0 bridgehead atoms. The summed E-state index contributed by atoms with van der Waals surface area (Å²) in [5.41, 5.74) is 6.10. The lowest BCUT2D eigenvalue weighted by molar-refractivity contribution is 0.112. The van der Waals surface area contributed by atoms with Crippen molar-refractivity contribution >= 4 is 0 Å². The van der Waals surface area contributed by atoms with Gasteiger partial charge >= 0.3 is 0 Å². The second kappa shape index (κ2) is 6.75. The molecule has 2 nitrogen and oxygen atoms in total. The Labute approximate surface area is 107 Å². The molecule has 0 radical (unpaired) electrons. The Hall–Kier alpha value is -0.0800. The number of rotatable bonds is 7. The maximum Gasteiger partial charge on any atom is 0.0249 e. The lowest BCUT2D eigenvalue weighted by atomic mass is 9.83. The lowest BCUT2D eigenvalue weighted by Gasteiger charge is -2.38. The van der Waals surface area contributed by atoms with Crippen LogP contribution in [0.25, 0.3) is 0 Å². The third kappa shape index (κ3) is 3.69. The highest BCUT2D eigenvalue weighted by molar-refractivity contribution is 4.92. The van der Waals surface area contributed by atoms with Gasteiger partial charge in [0.25, 0.3) is 0 Å². The first kappa shape index (κ1) is 13.4. The minimum absolute atomic E-state index is 0.689. The molecule has 0 heterocycles. The monoisotopic (exact) mass is 238 g/mol. The van der Waals surface area contributed by atoms with Gasteiger partial charge in [0, 0.05) is 18.6 Å². The summed E-state index contributed by atoms with van der Waals surface area (Å²) in [6, 6.07) is 1.58. The fourth-order valence-electron chi connectivity index (χ4n) is 3.48. The number of hydrogen-bond acceptors (Lipinski definition) is 2. The van der Waals surface area contributed by atoms with Crippen molar-refractivity contribution < 1.29 is 0 Å². The van der Waals surface area contributed by atoms with Crippen molar-refractivity contribution in [1.82, 2.24) is 4.90 Å². The van der Waals surface area contributed by atoms with Crippen LogP contribution in [0.5, 0.6) is 0 Å². The summed E-state index contributed by atoms with van der Waals surface area (Å²) in [5, 5.41) is 0.